The van der Waals surface area contributed by atoms with Crippen LogP contribution in [-0.2, 0) is 46.4 Å². The van der Waals surface area contributed by atoms with Crippen LogP contribution in [-0.4, -0.2) is 37.0 Å². The normalized spacial score (nSPS) is 11.3. The molecular formula is C12H12F6O6S2Zr. The Hall–Kier alpha value is -1.02. The Bertz CT molecular complexity index is 663. The topological polar surface area (TPSA) is 109 Å². The summed E-state index contributed by atoms with van der Waals surface area (Å²) in [5.74, 6) is 0. The van der Waals surface area contributed by atoms with Gasteiger partial charge in [-0.2, -0.15) is 79.6 Å². The number of halogens is 6. The van der Waals surface area contributed by atoms with Gasteiger partial charge in [-0.25, -0.2) is 24.3 Å². The van der Waals surface area contributed by atoms with E-state index in [1.54, 1.807) is 0 Å². The second-order valence-electron chi connectivity index (χ2n) is 3.77. The van der Waals surface area contributed by atoms with Crippen LogP contribution in [0.2, 0.25) is 0 Å². The molecule has 6 nitrogen and oxygen atoms in total. The van der Waals surface area contributed by atoms with Gasteiger partial charge >= 0.3 is 57.5 Å². The van der Waals surface area contributed by atoms with Crippen molar-refractivity contribution in [2.45, 2.75) is 11.0 Å². The molecule has 0 heterocycles. The number of alkyl halides is 6. The van der Waals surface area contributed by atoms with Crippen molar-refractivity contribution in [3.8, 4) is 0 Å². The summed E-state index contributed by atoms with van der Waals surface area (Å²) in [6.07, 6.45) is 0. The van der Waals surface area contributed by atoms with E-state index in [0.29, 0.717) is 0 Å². The predicted octanol–water partition coefficient (Wildman–Crippen LogP) is 3.60. The summed E-state index contributed by atoms with van der Waals surface area (Å²) < 4.78 is 115. The Morgan fingerprint density at radius 2 is 0.741 bits per heavy atom. The summed E-state index contributed by atoms with van der Waals surface area (Å²) in [7, 11) is -11.7. The molecule has 0 unspecified atom stereocenters. The zero-order chi connectivity index (χ0) is 21.1. The molecular weight excluding hydrogens is 509 g/mol. The van der Waals surface area contributed by atoms with Gasteiger partial charge in [0.15, 0.2) is 0 Å². The monoisotopic (exact) mass is 520 g/mol. The van der Waals surface area contributed by atoms with E-state index < -0.39 is 31.3 Å². The van der Waals surface area contributed by atoms with E-state index in [2.05, 4.69) is 0 Å². The first-order chi connectivity index (χ1) is 11.5. The number of hydrogen-bond donors (Lipinski definition) is 2. The standard InChI is InChI=1S/2C5H5.2CHF3O3S.Zr/c2*1-2-4-5-3-1;2*2-1(3,4)8(5,6)7;/h2*1-5H;2*(H,5,6,7);/q2*-1;;;+2. The molecule has 0 atom stereocenters. The van der Waals surface area contributed by atoms with Gasteiger partial charge in [0, 0.05) is 0 Å². The maximum Gasteiger partial charge on any atom is 2.00 e. The number of rotatable bonds is 0. The molecule has 27 heavy (non-hydrogen) atoms. The Morgan fingerprint density at radius 3 is 0.778 bits per heavy atom. The molecule has 0 aliphatic rings. The second kappa shape index (κ2) is 13.2. The Balaban J connectivity index is -0.000000286. The molecule has 0 spiro atoms. The van der Waals surface area contributed by atoms with Gasteiger partial charge in [-0.05, 0) is 0 Å². The van der Waals surface area contributed by atoms with Crippen molar-refractivity contribution in [2.24, 2.45) is 0 Å². The van der Waals surface area contributed by atoms with E-state index in [0.717, 1.165) is 0 Å². The molecule has 0 saturated heterocycles. The fourth-order valence-corrected chi connectivity index (χ4v) is 0.642. The Labute approximate surface area is 170 Å². The van der Waals surface area contributed by atoms with Crippen LogP contribution in [0.5, 0.6) is 0 Å². The molecule has 15 heteroatoms. The third-order valence-electron chi connectivity index (χ3n) is 1.70. The summed E-state index contributed by atoms with van der Waals surface area (Å²) in [4.78, 5) is 0. The van der Waals surface area contributed by atoms with Crippen LogP contribution in [0.1, 0.15) is 0 Å². The zero-order valence-corrected chi connectivity index (χ0v) is 17.0. The van der Waals surface area contributed by atoms with Crippen molar-refractivity contribution in [3.05, 3.63) is 60.7 Å². The van der Waals surface area contributed by atoms with Crippen LogP contribution < -0.4 is 0 Å². The van der Waals surface area contributed by atoms with Crippen LogP contribution in [0, 0.1) is 0 Å². The van der Waals surface area contributed by atoms with E-state index in [4.69, 9.17) is 25.9 Å². The van der Waals surface area contributed by atoms with Gasteiger partial charge in [0.1, 0.15) is 0 Å². The molecule has 0 radical (unpaired) electrons. The van der Waals surface area contributed by atoms with Crippen molar-refractivity contribution in [1.29, 1.82) is 0 Å². The van der Waals surface area contributed by atoms with Crippen LogP contribution >= 0.6 is 0 Å². The average Bonchev–Trinajstić information content (AvgIpc) is 3.15. The van der Waals surface area contributed by atoms with E-state index >= 15 is 0 Å². The third-order valence-corrected chi connectivity index (χ3v) is 2.87. The molecule has 2 N–H and O–H groups in total. The smallest absolute Gasteiger partial charge is 0.279 e. The first-order valence-corrected chi connectivity index (χ1v) is 8.79. The summed E-state index contributed by atoms with van der Waals surface area (Å²) in [5.41, 5.74) is -11.1. The molecule has 0 bridgehead atoms. The minimum absolute atomic E-state index is 0. The van der Waals surface area contributed by atoms with Gasteiger partial charge in [-0.3, -0.25) is 9.11 Å². The first kappa shape index (κ1) is 30.7. The van der Waals surface area contributed by atoms with Gasteiger partial charge < -0.3 is 0 Å². The first-order valence-electron chi connectivity index (χ1n) is 5.91. The molecule has 0 aliphatic carbocycles. The maximum atomic E-state index is 10.7. The van der Waals surface area contributed by atoms with Crippen molar-refractivity contribution in [1.82, 2.24) is 0 Å². The van der Waals surface area contributed by atoms with Crippen LogP contribution in [0.25, 0.3) is 0 Å². The summed E-state index contributed by atoms with van der Waals surface area (Å²) >= 11 is 0. The van der Waals surface area contributed by atoms with Crippen molar-refractivity contribution in [3.63, 3.8) is 0 Å². The molecule has 0 aliphatic heterocycles. The molecule has 154 valence electrons. The minimum atomic E-state index is -5.84. The van der Waals surface area contributed by atoms with Crippen molar-refractivity contribution in [2.75, 3.05) is 0 Å². The van der Waals surface area contributed by atoms with Crippen LogP contribution in [0.4, 0.5) is 26.3 Å². The van der Waals surface area contributed by atoms with Gasteiger partial charge in [0.05, 0.1) is 0 Å². The quantitative estimate of drug-likeness (QED) is 0.237. The zero-order valence-electron chi connectivity index (χ0n) is 12.9. The third kappa shape index (κ3) is 18.1. The van der Waals surface area contributed by atoms with Gasteiger partial charge in [-0.15, -0.1) is 0 Å². The average molecular weight is 522 g/mol. The van der Waals surface area contributed by atoms with Crippen molar-refractivity contribution >= 4 is 20.2 Å². The predicted molar refractivity (Wildman–Crippen MR) is 79.3 cm³/mol. The van der Waals surface area contributed by atoms with Gasteiger partial charge in [0.2, 0.25) is 0 Å². The van der Waals surface area contributed by atoms with E-state index in [-0.39, 0.29) is 26.2 Å². The van der Waals surface area contributed by atoms with E-state index in [1.165, 1.54) is 0 Å². The summed E-state index contributed by atoms with van der Waals surface area (Å²) in [6, 6.07) is 20.0. The van der Waals surface area contributed by atoms with Gasteiger partial charge in [0.25, 0.3) is 0 Å². The molecule has 0 saturated carbocycles. The molecule has 2 aromatic rings. The van der Waals surface area contributed by atoms with E-state index in [1.807, 2.05) is 60.7 Å². The minimum Gasteiger partial charge on any atom is -0.279 e. The number of hydrogen-bond acceptors (Lipinski definition) is 4. The largest absolute Gasteiger partial charge is 2.00 e. The van der Waals surface area contributed by atoms with Crippen LogP contribution in [0.15, 0.2) is 60.7 Å². The van der Waals surface area contributed by atoms with Crippen LogP contribution in [0.3, 0.4) is 0 Å². The molecule has 0 aromatic heterocycles. The molecule has 2 rings (SSSR count). The molecule has 0 amide bonds. The SMILES string of the molecule is O=S(=O)(O)C(F)(F)F.O=S(=O)(O)C(F)(F)F.[Zr+2].c1cc[cH-]c1.c1cc[cH-]c1. The second-order valence-corrected chi connectivity index (χ2v) is 6.59. The Morgan fingerprint density at radius 1 is 0.593 bits per heavy atom. The fraction of sp³-hybridized carbons (Fsp3) is 0.167. The summed E-state index contributed by atoms with van der Waals surface area (Å²) in [6.45, 7) is 0. The van der Waals surface area contributed by atoms with Gasteiger partial charge in [-0.1, -0.05) is 0 Å². The molecule has 2 aromatic carbocycles. The van der Waals surface area contributed by atoms with E-state index in [9.17, 15) is 26.3 Å². The maximum absolute atomic E-state index is 10.7. The van der Waals surface area contributed by atoms with Crippen molar-refractivity contribution < 1.29 is 78.5 Å². The fourth-order valence-electron chi connectivity index (χ4n) is 0.642. The Kier molecular flexibility index (Phi) is 15.0. The summed E-state index contributed by atoms with van der Waals surface area (Å²) in [5, 5.41) is 0. The molecule has 0 fully saturated rings.